The first-order valence-electron chi connectivity index (χ1n) is 10.3. The lowest BCUT2D eigenvalue weighted by Crippen LogP contribution is -2.34. The predicted octanol–water partition coefficient (Wildman–Crippen LogP) is 3.42. The number of fused-ring (bicyclic) bond motifs is 1. The van der Waals surface area contributed by atoms with Crippen LogP contribution >= 0.6 is 11.3 Å². The molecular weight excluding hydrogens is 370 g/mol. The van der Waals surface area contributed by atoms with Gasteiger partial charge in [0, 0.05) is 49.2 Å². The zero-order valence-corrected chi connectivity index (χ0v) is 17.4. The van der Waals surface area contributed by atoms with Crippen molar-refractivity contribution in [2.75, 3.05) is 26.3 Å². The summed E-state index contributed by atoms with van der Waals surface area (Å²) in [5.74, 6) is 0.530. The standard InChI is InChI=1S/C22H29N3O2S/c1-2-16-5-6-18(23-10-16)12-25-8-7-19-20(15-28-21(19)13-25)22(26)24-11-17-4-3-9-27-14-17/h5-6,10,15,17H,2-4,7-9,11-14H2,1H3,(H,24,26)/t17-/m1/s1. The Bertz CT molecular complexity index is 797. The predicted molar refractivity (Wildman–Crippen MR) is 112 cm³/mol. The number of hydrogen-bond donors (Lipinski definition) is 1. The first-order chi connectivity index (χ1) is 13.7. The molecule has 6 heteroatoms. The minimum atomic E-state index is 0.0772. The summed E-state index contributed by atoms with van der Waals surface area (Å²) in [7, 11) is 0. The Morgan fingerprint density at radius 2 is 2.36 bits per heavy atom. The second-order valence-electron chi connectivity index (χ2n) is 7.82. The highest BCUT2D eigenvalue weighted by atomic mass is 32.1. The van der Waals surface area contributed by atoms with Crippen LogP contribution in [0, 0.1) is 5.92 Å². The molecule has 0 saturated carbocycles. The van der Waals surface area contributed by atoms with Crippen LogP contribution in [0.1, 0.15) is 51.8 Å². The van der Waals surface area contributed by atoms with Crippen LogP contribution in [0.4, 0.5) is 0 Å². The van der Waals surface area contributed by atoms with E-state index >= 15 is 0 Å². The summed E-state index contributed by atoms with van der Waals surface area (Å²) >= 11 is 1.71. The third-order valence-corrected chi connectivity index (χ3v) is 6.77. The van der Waals surface area contributed by atoms with Gasteiger partial charge in [-0.15, -0.1) is 11.3 Å². The molecule has 0 aliphatic carbocycles. The van der Waals surface area contributed by atoms with Gasteiger partial charge in [-0.1, -0.05) is 13.0 Å². The monoisotopic (exact) mass is 399 g/mol. The molecule has 0 radical (unpaired) electrons. The fraction of sp³-hybridized carbons (Fsp3) is 0.545. The van der Waals surface area contributed by atoms with Crippen LogP contribution < -0.4 is 5.32 Å². The average molecular weight is 400 g/mol. The molecule has 1 atom stereocenters. The van der Waals surface area contributed by atoms with Gasteiger partial charge in [0.15, 0.2) is 0 Å². The van der Waals surface area contributed by atoms with Crippen LogP contribution in [0.2, 0.25) is 0 Å². The van der Waals surface area contributed by atoms with Crippen LogP contribution in [0.3, 0.4) is 0 Å². The highest BCUT2D eigenvalue weighted by Gasteiger charge is 2.24. The van der Waals surface area contributed by atoms with Crippen molar-refractivity contribution < 1.29 is 9.53 Å². The quantitative estimate of drug-likeness (QED) is 0.809. The number of aryl methyl sites for hydroxylation is 1. The molecule has 1 saturated heterocycles. The van der Waals surface area contributed by atoms with Crippen LogP contribution in [0.5, 0.6) is 0 Å². The molecule has 0 aromatic carbocycles. The summed E-state index contributed by atoms with van der Waals surface area (Å²) in [5.41, 5.74) is 4.51. The summed E-state index contributed by atoms with van der Waals surface area (Å²) < 4.78 is 5.51. The minimum absolute atomic E-state index is 0.0772. The second kappa shape index (κ2) is 9.16. The third kappa shape index (κ3) is 4.62. The van der Waals surface area contributed by atoms with Gasteiger partial charge in [-0.25, -0.2) is 0 Å². The molecule has 0 unspecified atom stereocenters. The maximum absolute atomic E-state index is 12.7. The largest absolute Gasteiger partial charge is 0.381 e. The van der Waals surface area contributed by atoms with Gasteiger partial charge in [0.25, 0.3) is 5.91 Å². The van der Waals surface area contributed by atoms with Crippen molar-refractivity contribution in [3.63, 3.8) is 0 Å². The van der Waals surface area contributed by atoms with E-state index in [1.54, 1.807) is 11.3 Å². The van der Waals surface area contributed by atoms with Crippen molar-refractivity contribution >= 4 is 17.2 Å². The SMILES string of the molecule is CCc1ccc(CN2CCc3c(C(=O)NC[C@H]4CCCOC4)csc3C2)nc1. The Hall–Kier alpha value is -1.76. The number of aromatic nitrogens is 1. The highest BCUT2D eigenvalue weighted by molar-refractivity contribution is 7.10. The lowest BCUT2D eigenvalue weighted by Gasteiger charge is -2.27. The second-order valence-corrected chi connectivity index (χ2v) is 8.78. The molecule has 28 heavy (non-hydrogen) atoms. The molecule has 1 amide bonds. The molecule has 2 aliphatic rings. The number of amides is 1. The molecule has 5 nitrogen and oxygen atoms in total. The highest BCUT2D eigenvalue weighted by Crippen LogP contribution is 2.29. The van der Waals surface area contributed by atoms with Crippen molar-refractivity contribution in [1.82, 2.24) is 15.2 Å². The number of hydrogen-bond acceptors (Lipinski definition) is 5. The molecule has 1 N–H and O–H groups in total. The lowest BCUT2D eigenvalue weighted by molar-refractivity contribution is 0.0536. The third-order valence-electron chi connectivity index (χ3n) is 5.76. The molecule has 150 valence electrons. The number of nitrogens with zero attached hydrogens (tertiary/aromatic N) is 2. The van der Waals surface area contributed by atoms with Crippen molar-refractivity contribution in [2.24, 2.45) is 5.92 Å². The summed E-state index contributed by atoms with van der Waals surface area (Å²) in [6, 6.07) is 4.30. The van der Waals surface area contributed by atoms with E-state index in [1.807, 2.05) is 11.6 Å². The fourth-order valence-corrected chi connectivity index (χ4v) is 5.12. The number of rotatable bonds is 6. The summed E-state index contributed by atoms with van der Waals surface area (Å²) in [6.07, 6.45) is 6.18. The Labute approximate surface area is 171 Å². The first kappa shape index (κ1) is 19.6. The Morgan fingerprint density at radius 1 is 1.43 bits per heavy atom. The van der Waals surface area contributed by atoms with E-state index in [-0.39, 0.29) is 5.91 Å². The Morgan fingerprint density at radius 3 is 3.11 bits per heavy atom. The van der Waals surface area contributed by atoms with Gasteiger partial charge in [0.1, 0.15) is 0 Å². The zero-order chi connectivity index (χ0) is 19.3. The van der Waals surface area contributed by atoms with Gasteiger partial charge >= 0.3 is 0 Å². The number of carbonyl (C=O) groups is 1. The lowest BCUT2D eigenvalue weighted by atomic mass is 10.0. The molecule has 4 heterocycles. The van der Waals surface area contributed by atoms with Crippen molar-refractivity contribution in [3.8, 4) is 0 Å². The first-order valence-corrected chi connectivity index (χ1v) is 11.2. The summed E-state index contributed by atoms with van der Waals surface area (Å²) in [5, 5.41) is 5.17. The number of ether oxygens (including phenoxy) is 1. The van der Waals surface area contributed by atoms with Gasteiger partial charge in [0.05, 0.1) is 17.9 Å². The fourth-order valence-electron chi connectivity index (χ4n) is 3.99. The van der Waals surface area contributed by atoms with Gasteiger partial charge < -0.3 is 10.1 Å². The van der Waals surface area contributed by atoms with Crippen LogP contribution in [0.15, 0.2) is 23.7 Å². The van der Waals surface area contributed by atoms with E-state index < -0.39 is 0 Å². The van der Waals surface area contributed by atoms with E-state index in [0.29, 0.717) is 5.92 Å². The van der Waals surface area contributed by atoms with Crippen molar-refractivity contribution in [3.05, 3.63) is 51.0 Å². The van der Waals surface area contributed by atoms with Gasteiger partial charge in [-0.3, -0.25) is 14.7 Å². The van der Waals surface area contributed by atoms with E-state index in [1.165, 1.54) is 16.0 Å². The summed E-state index contributed by atoms with van der Waals surface area (Å²) in [4.78, 5) is 21.0. The molecule has 0 bridgehead atoms. The van der Waals surface area contributed by atoms with E-state index in [0.717, 1.165) is 76.3 Å². The normalized spacial score (nSPS) is 20.0. The molecule has 2 aliphatic heterocycles. The molecule has 1 fully saturated rings. The van der Waals surface area contributed by atoms with E-state index in [4.69, 9.17) is 4.74 Å². The Balaban J connectivity index is 1.33. The topological polar surface area (TPSA) is 54.5 Å². The van der Waals surface area contributed by atoms with Crippen LogP contribution in [-0.2, 0) is 30.7 Å². The number of pyridine rings is 1. The smallest absolute Gasteiger partial charge is 0.252 e. The number of nitrogens with one attached hydrogen (secondary N) is 1. The Kier molecular flexibility index (Phi) is 6.40. The molecule has 2 aromatic rings. The van der Waals surface area contributed by atoms with Crippen molar-refractivity contribution in [2.45, 2.75) is 45.7 Å². The maximum Gasteiger partial charge on any atom is 0.252 e. The minimum Gasteiger partial charge on any atom is -0.381 e. The molecule has 4 rings (SSSR count). The van der Waals surface area contributed by atoms with Gasteiger partial charge in [0.2, 0.25) is 0 Å². The zero-order valence-electron chi connectivity index (χ0n) is 16.6. The maximum atomic E-state index is 12.7. The van der Waals surface area contributed by atoms with Crippen LogP contribution in [0.25, 0.3) is 0 Å². The van der Waals surface area contributed by atoms with Gasteiger partial charge in [-0.05, 0) is 48.8 Å². The molecular formula is C22H29N3O2S. The average Bonchev–Trinajstić information content (AvgIpc) is 3.17. The molecule has 0 spiro atoms. The number of thiophene rings is 1. The summed E-state index contributed by atoms with van der Waals surface area (Å²) in [6.45, 7) is 7.23. The molecule has 2 aromatic heterocycles. The van der Waals surface area contributed by atoms with Gasteiger partial charge in [-0.2, -0.15) is 0 Å². The number of carbonyl (C=O) groups excluding carboxylic acids is 1. The van der Waals surface area contributed by atoms with E-state index in [2.05, 4.69) is 34.3 Å². The van der Waals surface area contributed by atoms with Crippen LogP contribution in [-0.4, -0.2) is 42.1 Å². The van der Waals surface area contributed by atoms with E-state index in [9.17, 15) is 4.79 Å². The van der Waals surface area contributed by atoms with Crippen molar-refractivity contribution in [1.29, 1.82) is 0 Å².